The second kappa shape index (κ2) is 9.63. The van der Waals surface area contributed by atoms with Crippen LogP contribution in [0.4, 0.5) is 23.0 Å². The highest BCUT2D eigenvalue weighted by molar-refractivity contribution is 7.17. The molecule has 0 aromatic carbocycles. The summed E-state index contributed by atoms with van der Waals surface area (Å²) >= 11 is 1.99. The molecule has 3 rings (SSSR count). The molecule has 1 aliphatic rings. The molecule has 0 radical (unpaired) electrons. The number of alkyl halides is 3. The average Bonchev–Trinajstić information content (AvgIpc) is 3.22. The number of amides is 2. The predicted octanol–water partition coefficient (Wildman–Crippen LogP) is 5.62. The van der Waals surface area contributed by atoms with E-state index in [0.717, 1.165) is 21.8 Å². The van der Waals surface area contributed by atoms with Crippen LogP contribution in [0.3, 0.4) is 0 Å². The van der Waals surface area contributed by atoms with Gasteiger partial charge in [0.2, 0.25) is 0 Å². The van der Waals surface area contributed by atoms with Gasteiger partial charge in [0.05, 0.1) is 5.56 Å². The van der Waals surface area contributed by atoms with Crippen LogP contribution in [0.2, 0.25) is 0 Å². The number of rotatable bonds is 5. The van der Waals surface area contributed by atoms with Crippen LogP contribution in [0.15, 0.2) is 0 Å². The van der Waals surface area contributed by atoms with Gasteiger partial charge in [0.1, 0.15) is 15.5 Å². The van der Waals surface area contributed by atoms with Crippen LogP contribution < -0.4 is 16.0 Å². The van der Waals surface area contributed by atoms with Crippen molar-refractivity contribution >= 4 is 39.7 Å². The summed E-state index contributed by atoms with van der Waals surface area (Å²) in [6.07, 6.45) is -3.34. The molecule has 0 bridgehead atoms. The van der Waals surface area contributed by atoms with Crippen LogP contribution in [0.25, 0.3) is 0 Å². The number of fused-ring (bicyclic) bond motifs is 1. The Morgan fingerprint density at radius 3 is 2.48 bits per heavy atom. The molecule has 2 aromatic heterocycles. The highest BCUT2D eigenvalue weighted by Gasteiger charge is 2.38. The van der Waals surface area contributed by atoms with Gasteiger partial charge in [-0.3, -0.25) is 5.32 Å². The molecule has 0 spiro atoms. The van der Waals surface area contributed by atoms with Gasteiger partial charge in [-0.1, -0.05) is 6.92 Å². The second-order valence-electron chi connectivity index (χ2n) is 8.75. The highest BCUT2D eigenvalue weighted by atomic mass is 32.1. The second-order valence-corrected chi connectivity index (χ2v) is 11.0. The number of thiophene rings is 2. The van der Waals surface area contributed by atoms with Gasteiger partial charge in [-0.25, -0.2) is 9.59 Å². The van der Waals surface area contributed by atoms with Crippen molar-refractivity contribution in [1.82, 2.24) is 10.6 Å². The Morgan fingerprint density at radius 2 is 1.88 bits per heavy atom. The van der Waals surface area contributed by atoms with Gasteiger partial charge >= 0.3 is 18.2 Å². The van der Waals surface area contributed by atoms with Gasteiger partial charge in [0.15, 0.2) is 0 Å². The molecule has 0 atom stereocenters. The molecule has 0 fully saturated rings. The molecule has 1 aliphatic heterocycles. The third kappa shape index (κ3) is 5.88. The van der Waals surface area contributed by atoms with Gasteiger partial charge in [-0.2, -0.15) is 13.2 Å². The summed E-state index contributed by atoms with van der Waals surface area (Å²) in [5.74, 6) is -0.551. The first-order valence-electron chi connectivity index (χ1n) is 10.6. The molecule has 0 unspecified atom stereocenters. The van der Waals surface area contributed by atoms with Crippen LogP contribution in [0.5, 0.6) is 0 Å². The molecule has 0 saturated heterocycles. The number of hydrogen-bond acceptors (Lipinski definition) is 6. The number of halogens is 3. The first kappa shape index (κ1) is 25.5. The van der Waals surface area contributed by atoms with Crippen molar-refractivity contribution in [2.45, 2.75) is 72.3 Å². The fourth-order valence-corrected chi connectivity index (χ4v) is 6.02. The highest BCUT2D eigenvalue weighted by Crippen LogP contribution is 2.42. The third-order valence-corrected chi connectivity index (χ3v) is 7.79. The Hall–Kier alpha value is -2.11. The van der Waals surface area contributed by atoms with E-state index in [1.807, 2.05) is 6.92 Å². The van der Waals surface area contributed by atoms with Gasteiger partial charge in [0, 0.05) is 22.8 Å². The Morgan fingerprint density at radius 1 is 1.18 bits per heavy atom. The lowest BCUT2D eigenvalue weighted by molar-refractivity contribution is -0.135. The van der Waals surface area contributed by atoms with Crippen molar-refractivity contribution in [3.63, 3.8) is 0 Å². The maximum absolute atomic E-state index is 13.6. The minimum atomic E-state index is -4.49. The molecule has 0 saturated carbocycles. The number of aryl methyl sites for hydroxylation is 1. The zero-order valence-corrected chi connectivity index (χ0v) is 20.8. The van der Waals surface area contributed by atoms with Gasteiger partial charge in [0.25, 0.3) is 0 Å². The van der Waals surface area contributed by atoms with E-state index in [1.54, 1.807) is 27.7 Å². The lowest BCUT2D eigenvalue weighted by atomic mass is 10.0. The zero-order valence-electron chi connectivity index (χ0n) is 19.2. The van der Waals surface area contributed by atoms with Crippen LogP contribution >= 0.6 is 22.7 Å². The van der Waals surface area contributed by atoms with E-state index in [1.165, 1.54) is 11.3 Å². The Kier molecular flexibility index (Phi) is 7.45. The van der Waals surface area contributed by atoms with Crippen molar-refractivity contribution in [2.75, 3.05) is 11.9 Å². The van der Waals surface area contributed by atoms with Crippen LogP contribution in [-0.2, 0) is 36.8 Å². The molecule has 2 amide bonds. The SMILES string of the molecule is CCc1sc(NC(=O)NCc2c(C(F)(F)F)sc3c2CCNC3)c(C(=O)OC(C)(C)C)c1C. The number of nitrogens with one attached hydrogen (secondary N) is 3. The fourth-order valence-electron chi connectivity index (χ4n) is 3.69. The quantitative estimate of drug-likeness (QED) is 0.463. The smallest absolute Gasteiger partial charge is 0.425 e. The van der Waals surface area contributed by atoms with E-state index in [0.29, 0.717) is 41.4 Å². The largest absolute Gasteiger partial charge is 0.456 e. The number of carbonyl (C=O) groups is 2. The topological polar surface area (TPSA) is 79.5 Å². The monoisotopic (exact) mass is 503 g/mol. The van der Waals surface area contributed by atoms with Gasteiger partial charge < -0.3 is 15.4 Å². The van der Waals surface area contributed by atoms with Crippen molar-refractivity contribution in [3.05, 3.63) is 36.9 Å². The van der Waals surface area contributed by atoms with Crippen molar-refractivity contribution < 1.29 is 27.5 Å². The molecule has 0 aliphatic carbocycles. The molecule has 6 nitrogen and oxygen atoms in total. The van der Waals surface area contributed by atoms with E-state index in [4.69, 9.17) is 4.74 Å². The Labute approximate surface area is 198 Å². The maximum atomic E-state index is 13.6. The van der Waals surface area contributed by atoms with E-state index in [9.17, 15) is 22.8 Å². The van der Waals surface area contributed by atoms with Crippen molar-refractivity contribution in [1.29, 1.82) is 0 Å². The Balaban J connectivity index is 1.80. The van der Waals surface area contributed by atoms with E-state index < -0.39 is 28.7 Å². The lowest BCUT2D eigenvalue weighted by Crippen LogP contribution is -2.31. The molecular formula is C22H28F3N3O3S2. The molecule has 3 heterocycles. The first-order chi connectivity index (χ1) is 15.3. The normalized spacial score (nSPS) is 14.1. The molecule has 3 N–H and O–H groups in total. The van der Waals surface area contributed by atoms with E-state index >= 15 is 0 Å². The lowest BCUT2D eigenvalue weighted by Gasteiger charge is -2.20. The number of esters is 1. The Bertz CT molecular complexity index is 1050. The standard InChI is InChI=1S/C22H28F3N3O3S2/c1-6-14-11(2)16(19(29)31-21(3,4)5)18(33-14)28-20(30)27-9-13-12-7-8-26-10-15(12)32-17(13)22(23,24)25/h26H,6-10H2,1-5H3,(H2,27,28,30). The van der Waals surface area contributed by atoms with E-state index in [-0.39, 0.29) is 17.7 Å². The average molecular weight is 504 g/mol. The summed E-state index contributed by atoms with van der Waals surface area (Å²) in [6, 6.07) is -0.675. The van der Waals surface area contributed by atoms with Crippen LogP contribution in [0.1, 0.15) is 69.4 Å². The number of hydrogen-bond donors (Lipinski definition) is 3. The summed E-state index contributed by atoms with van der Waals surface area (Å²) in [7, 11) is 0. The van der Waals surface area contributed by atoms with Crippen LogP contribution in [-0.4, -0.2) is 24.1 Å². The summed E-state index contributed by atoms with van der Waals surface area (Å²) in [4.78, 5) is 26.3. The first-order valence-corrected chi connectivity index (χ1v) is 12.3. The van der Waals surface area contributed by atoms with Gasteiger partial charge in [-0.05, 0) is 63.8 Å². The zero-order chi connectivity index (χ0) is 24.6. The van der Waals surface area contributed by atoms with Crippen molar-refractivity contribution in [3.8, 4) is 0 Å². The summed E-state index contributed by atoms with van der Waals surface area (Å²) < 4.78 is 46.2. The van der Waals surface area contributed by atoms with Crippen molar-refractivity contribution in [2.24, 2.45) is 0 Å². The minimum absolute atomic E-state index is 0.114. The molecule has 33 heavy (non-hydrogen) atoms. The number of urea groups is 1. The van der Waals surface area contributed by atoms with Crippen LogP contribution in [0, 0.1) is 6.92 Å². The van der Waals surface area contributed by atoms with E-state index in [2.05, 4.69) is 16.0 Å². The number of carbonyl (C=O) groups excluding carboxylic acids is 2. The molecular weight excluding hydrogens is 475 g/mol. The number of ether oxygens (including phenoxy) is 1. The summed E-state index contributed by atoms with van der Waals surface area (Å²) in [5.41, 5.74) is 1.06. The third-order valence-electron chi connectivity index (χ3n) is 5.12. The summed E-state index contributed by atoms with van der Waals surface area (Å²) in [6.45, 7) is 9.72. The predicted molar refractivity (Wildman–Crippen MR) is 124 cm³/mol. The molecule has 2 aromatic rings. The molecule has 182 valence electrons. The molecule has 11 heteroatoms. The fraction of sp³-hybridized carbons (Fsp3) is 0.545. The minimum Gasteiger partial charge on any atom is -0.456 e. The summed E-state index contributed by atoms with van der Waals surface area (Å²) in [5, 5.41) is 8.60. The van der Waals surface area contributed by atoms with Gasteiger partial charge in [-0.15, -0.1) is 22.7 Å². The maximum Gasteiger partial charge on any atom is 0.425 e. The number of anilines is 1.